The number of esters is 1. The molecule has 4 nitrogen and oxygen atoms in total. The fraction of sp³-hybridized carbons (Fsp3) is 0.871. The van der Waals surface area contributed by atoms with E-state index in [-0.39, 0.29) is 56.5 Å². The van der Waals surface area contributed by atoms with Crippen molar-refractivity contribution < 1.29 is 19.1 Å². The van der Waals surface area contributed by atoms with E-state index in [9.17, 15) is 9.59 Å². The third kappa shape index (κ3) is 2.54. The van der Waals surface area contributed by atoms with Crippen LogP contribution in [0.4, 0.5) is 0 Å². The summed E-state index contributed by atoms with van der Waals surface area (Å²) in [7, 11) is 1.57. The van der Waals surface area contributed by atoms with Gasteiger partial charge in [-0.1, -0.05) is 54.5 Å². The van der Waals surface area contributed by atoms with Crippen molar-refractivity contribution in [3.63, 3.8) is 0 Å². The number of ether oxygens (including phenoxy) is 2. The smallest absolute Gasteiger partial charge is 0.312 e. The van der Waals surface area contributed by atoms with E-state index < -0.39 is 5.41 Å². The minimum atomic E-state index is -0.401. The Hall–Kier alpha value is -1.16. The summed E-state index contributed by atoms with van der Waals surface area (Å²) in [4.78, 5) is 26.4. The number of rotatable bonds is 1. The molecule has 1 spiro atoms. The Balaban J connectivity index is 1.47. The van der Waals surface area contributed by atoms with Crippen molar-refractivity contribution in [2.24, 2.45) is 50.2 Å². The van der Waals surface area contributed by atoms with Crippen LogP contribution in [-0.4, -0.2) is 30.6 Å². The first-order chi connectivity index (χ1) is 16.1. The van der Waals surface area contributed by atoms with E-state index in [0.717, 1.165) is 51.4 Å². The first-order valence-electron chi connectivity index (χ1n) is 14.1. The van der Waals surface area contributed by atoms with E-state index in [2.05, 4.69) is 54.5 Å². The summed E-state index contributed by atoms with van der Waals surface area (Å²) in [5.74, 6) is 1.35. The van der Waals surface area contributed by atoms with Crippen LogP contribution in [0.5, 0.6) is 0 Å². The van der Waals surface area contributed by atoms with Crippen LogP contribution >= 0.6 is 0 Å². The average molecular weight is 483 g/mol. The van der Waals surface area contributed by atoms with Crippen molar-refractivity contribution in [2.75, 3.05) is 7.11 Å². The van der Waals surface area contributed by atoms with Gasteiger partial charge in [0.05, 0.1) is 18.6 Å². The summed E-state index contributed by atoms with van der Waals surface area (Å²) in [6.07, 6.45) is 12.6. The minimum Gasteiger partial charge on any atom is -0.469 e. The number of epoxide rings is 1. The predicted molar refractivity (Wildman–Crippen MR) is 135 cm³/mol. The summed E-state index contributed by atoms with van der Waals surface area (Å²) in [5, 5.41) is 0. The Kier molecular flexibility index (Phi) is 4.59. The molecule has 9 atom stereocenters. The molecule has 5 aliphatic carbocycles. The standard InChI is InChI=1S/C31H46O4/c1-25(2)13-15-30(24(33)34-8)16-14-29(7)28(6)12-9-19-26(3,4)22(32)10-11-27(19,5)20(28)17-23-31(29,35-23)21(30)18-25/h10-11,19-21,23H,9,12-18H2,1-8H3/t19-,20+,21+,23?,27-,28+,29-,30-,31?/m0/s1. The lowest BCUT2D eigenvalue weighted by molar-refractivity contribution is -0.224. The van der Waals surface area contributed by atoms with Gasteiger partial charge in [-0.25, -0.2) is 0 Å². The number of hydrogen-bond donors (Lipinski definition) is 0. The minimum absolute atomic E-state index is 0.00194. The number of carbonyl (C=O) groups is 2. The van der Waals surface area contributed by atoms with Crippen molar-refractivity contribution in [3.05, 3.63) is 12.2 Å². The lowest BCUT2D eigenvalue weighted by atomic mass is 9.32. The Morgan fingerprint density at radius 3 is 2.31 bits per heavy atom. The molecular formula is C31H46O4. The van der Waals surface area contributed by atoms with Crippen LogP contribution in [-0.2, 0) is 19.1 Å². The molecule has 4 heteroatoms. The van der Waals surface area contributed by atoms with Crippen molar-refractivity contribution in [2.45, 2.75) is 112 Å². The highest BCUT2D eigenvalue weighted by molar-refractivity contribution is 5.95. The second kappa shape index (κ2) is 6.63. The highest BCUT2D eigenvalue weighted by atomic mass is 16.6. The van der Waals surface area contributed by atoms with Gasteiger partial charge in [0.1, 0.15) is 5.60 Å². The number of ketones is 1. The van der Waals surface area contributed by atoms with Crippen LogP contribution in [0.25, 0.3) is 0 Å². The van der Waals surface area contributed by atoms with E-state index >= 15 is 0 Å². The van der Waals surface area contributed by atoms with Crippen LogP contribution in [0.1, 0.15) is 99.8 Å². The van der Waals surface area contributed by atoms with Gasteiger partial charge in [-0.2, -0.15) is 0 Å². The van der Waals surface area contributed by atoms with Crippen LogP contribution in [0.15, 0.2) is 12.2 Å². The largest absolute Gasteiger partial charge is 0.469 e. The lowest BCUT2D eigenvalue weighted by Gasteiger charge is -2.70. The fourth-order valence-corrected chi connectivity index (χ4v) is 11.3. The summed E-state index contributed by atoms with van der Waals surface area (Å²) in [5.41, 5.74) is -0.619. The quantitative estimate of drug-likeness (QED) is 0.315. The second-order valence-corrected chi connectivity index (χ2v) is 15.4. The summed E-state index contributed by atoms with van der Waals surface area (Å²) in [6, 6.07) is 0. The van der Waals surface area contributed by atoms with Crippen LogP contribution in [0.3, 0.4) is 0 Å². The van der Waals surface area contributed by atoms with E-state index in [4.69, 9.17) is 9.47 Å². The Morgan fingerprint density at radius 1 is 0.943 bits per heavy atom. The number of hydrogen-bond acceptors (Lipinski definition) is 4. The van der Waals surface area contributed by atoms with Gasteiger partial charge in [0.25, 0.3) is 0 Å². The second-order valence-electron chi connectivity index (χ2n) is 15.4. The highest BCUT2D eigenvalue weighted by Crippen LogP contribution is 2.82. The number of carbonyl (C=O) groups excluding carboxylic acids is 2. The normalized spacial score (nSPS) is 54.9. The van der Waals surface area contributed by atoms with Crippen LogP contribution < -0.4 is 0 Å². The summed E-state index contributed by atoms with van der Waals surface area (Å²) in [6.45, 7) is 16.6. The maximum Gasteiger partial charge on any atom is 0.312 e. The zero-order valence-corrected chi connectivity index (χ0v) is 23.3. The van der Waals surface area contributed by atoms with Gasteiger partial charge in [-0.3, -0.25) is 9.59 Å². The third-order valence-electron chi connectivity index (χ3n) is 13.5. The summed E-state index contributed by atoms with van der Waals surface area (Å²) >= 11 is 0. The van der Waals surface area contributed by atoms with E-state index in [1.165, 1.54) is 0 Å². The summed E-state index contributed by atoms with van der Waals surface area (Å²) < 4.78 is 12.5. The van der Waals surface area contributed by atoms with Gasteiger partial charge < -0.3 is 9.47 Å². The molecule has 1 saturated heterocycles. The Bertz CT molecular complexity index is 1030. The first-order valence-corrected chi connectivity index (χ1v) is 14.1. The van der Waals surface area contributed by atoms with Crippen LogP contribution in [0.2, 0.25) is 0 Å². The van der Waals surface area contributed by atoms with Crippen molar-refractivity contribution in [1.82, 2.24) is 0 Å². The molecular weight excluding hydrogens is 436 g/mol. The van der Waals surface area contributed by atoms with E-state index in [1.807, 2.05) is 6.08 Å². The molecule has 0 aromatic rings. The molecule has 0 radical (unpaired) electrons. The molecule has 0 amide bonds. The van der Waals surface area contributed by atoms with E-state index in [0.29, 0.717) is 11.8 Å². The molecule has 6 aliphatic rings. The SMILES string of the molecule is COC(=O)[C@]12CCC(C)(C)C[C@H]1C13OC1C[C@@H]1[C@@]4(C)C=CC(=O)C(C)(C)[C@@H]4CC[C@@]1(C)[C@]3(C)CC2. The molecule has 0 aromatic heterocycles. The van der Waals surface area contributed by atoms with E-state index in [1.54, 1.807) is 7.11 Å². The molecule has 4 saturated carbocycles. The van der Waals surface area contributed by atoms with Crippen LogP contribution in [0, 0.1) is 50.2 Å². The zero-order chi connectivity index (χ0) is 25.4. The van der Waals surface area contributed by atoms with Crippen molar-refractivity contribution >= 4 is 11.8 Å². The molecule has 0 N–H and O–H groups in total. The molecule has 0 bridgehead atoms. The lowest BCUT2D eigenvalue weighted by Crippen LogP contribution is -2.71. The van der Waals surface area contributed by atoms with Gasteiger partial charge in [-0.05, 0) is 85.5 Å². The molecule has 0 aromatic carbocycles. The first kappa shape index (κ1) is 24.2. The molecule has 5 fully saturated rings. The Morgan fingerprint density at radius 2 is 1.63 bits per heavy atom. The monoisotopic (exact) mass is 482 g/mol. The van der Waals surface area contributed by atoms with Gasteiger partial charge in [-0.15, -0.1) is 0 Å². The fourth-order valence-electron chi connectivity index (χ4n) is 11.3. The maximum atomic E-state index is 13.5. The number of methoxy groups -OCH3 is 1. The number of allylic oxidation sites excluding steroid dienone is 2. The predicted octanol–water partition coefficient (Wildman–Crippen LogP) is 6.52. The Labute approximate surface area is 212 Å². The molecule has 6 rings (SSSR count). The topological polar surface area (TPSA) is 55.9 Å². The molecule has 1 heterocycles. The highest BCUT2D eigenvalue weighted by Gasteiger charge is 2.85. The average Bonchev–Trinajstić information content (AvgIpc) is 3.52. The van der Waals surface area contributed by atoms with Crippen molar-refractivity contribution in [1.29, 1.82) is 0 Å². The van der Waals surface area contributed by atoms with Gasteiger partial charge >= 0.3 is 5.97 Å². The third-order valence-corrected chi connectivity index (χ3v) is 13.5. The van der Waals surface area contributed by atoms with Gasteiger partial charge in [0.2, 0.25) is 0 Å². The molecule has 1 aliphatic heterocycles. The molecule has 2 unspecified atom stereocenters. The number of fused-ring (bicyclic) bond motifs is 5. The maximum absolute atomic E-state index is 13.5. The zero-order valence-electron chi connectivity index (χ0n) is 23.3. The van der Waals surface area contributed by atoms with Gasteiger partial charge in [0, 0.05) is 16.7 Å². The molecule has 35 heavy (non-hydrogen) atoms. The van der Waals surface area contributed by atoms with Crippen molar-refractivity contribution in [3.8, 4) is 0 Å². The molecule has 194 valence electrons. The van der Waals surface area contributed by atoms with Gasteiger partial charge in [0.15, 0.2) is 5.78 Å².